The highest BCUT2D eigenvalue weighted by Gasteiger charge is 2.45. The summed E-state index contributed by atoms with van der Waals surface area (Å²) >= 11 is 3.34. The van der Waals surface area contributed by atoms with Crippen molar-refractivity contribution < 1.29 is 19.8 Å². The Hall–Kier alpha value is -2.44. The second-order valence-corrected chi connectivity index (χ2v) is 7.96. The summed E-state index contributed by atoms with van der Waals surface area (Å²) in [5.74, 6) is -1.33. The second-order valence-electron chi connectivity index (χ2n) is 7.04. The summed E-state index contributed by atoms with van der Waals surface area (Å²) in [6, 6.07) is 13.8. The molecule has 1 amide bonds. The predicted molar refractivity (Wildman–Crippen MR) is 111 cm³/mol. The van der Waals surface area contributed by atoms with Crippen LogP contribution in [0.2, 0.25) is 0 Å². The standard InChI is InChI=1S/C22H22BrNO4/c1-13(2)14-3-5-15(6-4-14)19-18(21(27)22(28)24(19)11-12-25)20(26)16-7-9-17(23)10-8-16/h3-10,13,19,25-26H,11-12H2,1-2H3/t19-/m1/s1. The molecule has 6 heteroatoms. The molecule has 1 aliphatic rings. The van der Waals surface area contributed by atoms with Gasteiger partial charge in [0.1, 0.15) is 5.76 Å². The lowest BCUT2D eigenvalue weighted by Gasteiger charge is -2.25. The Morgan fingerprint density at radius 2 is 1.68 bits per heavy atom. The van der Waals surface area contributed by atoms with E-state index in [1.807, 2.05) is 24.3 Å². The van der Waals surface area contributed by atoms with Crippen LogP contribution in [0, 0.1) is 0 Å². The number of halogens is 1. The van der Waals surface area contributed by atoms with Crippen LogP contribution in [0.3, 0.4) is 0 Å². The maximum Gasteiger partial charge on any atom is 0.295 e. The molecule has 1 aliphatic heterocycles. The molecule has 0 unspecified atom stereocenters. The summed E-state index contributed by atoms with van der Waals surface area (Å²) in [5.41, 5.74) is 2.35. The van der Waals surface area contributed by atoms with Gasteiger partial charge in [-0.1, -0.05) is 66.2 Å². The van der Waals surface area contributed by atoms with Crippen LogP contribution < -0.4 is 0 Å². The van der Waals surface area contributed by atoms with Gasteiger partial charge in [-0.25, -0.2) is 0 Å². The smallest absolute Gasteiger partial charge is 0.295 e. The molecule has 2 N–H and O–H groups in total. The average molecular weight is 444 g/mol. The van der Waals surface area contributed by atoms with Gasteiger partial charge in [0.15, 0.2) is 0 Å². The molecule has 146 valence electrons. The monoisotopic (exact) mass is 443 g/mol. The minimum absolute atomic E-state index is 0.0122. The number of aliphatic hydroxyl groups is 2. The van der Waals surface area contributed by atoms with Crippen LogP contribution in [0.15, 0.2) is 58.6 Å². The van der Waals surface area contributed by atoms with E-state index in [1.165, 1.54) is 4.90 Å². The van der Waals surface area contributed by atoms with Gasteiger partial charge in [-0.3, -0.25) is 9.59 Å². The number of carbonyl (C=O) groups is 2. The third kappa shape index (κ3) is 3.75. The zero-order chi connectivity index (χ0) is 20.4. The van der Waals surface area contributed by atoms with Crippen LogP contribution in [0.25, 0.3) is 5.76 Å². The Balaban J connectivity index is 2.14. The third-order valence-corrected chi connectivity index (χ3v) is 5.45. The Labute approximate surface area is 172 Å². The molecule has 2 aromatic rings. The number of nitrogens with zero attached hydrogens (tertiary/aromatic N) is 1. The lowest BCUT2D eigenvalue weighted by atomic mass is 9.93. The number of ketones is 1. The first-order valence-corrected chi connectivity index (χ1v) is 9.89. The highest BCUT2D eigenvalue weighted by atomic mass is 79.9. The molecule has 0 aromatic heterocycles. The van der Waals surface area contributed by atoms with Gasteiger partial charge in [0.25, 0.3) is 11.7 Å². The predicted octanol–water partition coefficient (Wildman–Crippen LogP) is 3.99. The summed E-state index contributed by atoms with van der Waals surface area (Å²) in [6.45, 7) is 3.91. The van der Waals surface area contributed by atoms with Crippen molar-refractivity contribution in [2.24, 2.45) is 0 Å². The van der Waals surface area contributed by atoms with Gasteiger partial charge in [0, 0.05) is 16.6 Å². The molecule has 1 fully saturated rings. The zero-order valence-electron chi connectivity index (χ0n) is 15.7. The van der Waals surface area contributed by atoms with Crippen LogP contribution in [-0.2, 0) is 9.59 Å². The highest BCUT2D eigenvalue weighted by molar-refractivity contribution is 9.10. The maximum atomic E-state index is 12.7. The van der Waals surface area contributed by atoms with Gasteiger partial charge in [-0.15, -0.1) is 0 Å². The number of β-amino-alcohol motifs (C(OH)–C–C–N with tert-alkyl or cyclic N) is 1. The van der Waals surface area contributed by atoms with Crippen LogP contribution >= 0.6 is 15.9 Å². The first-order chi connectivity index (χ1) is 13.3. The normalized spacial score (nSPS) is 18.9. The fraction of sp³-hybridized carbons (Fsp3) is 0.273. The Morgan fingerprint density at radius 3 is 2.21 bits per heavy atom. The number of aliphatic hydroxyl groups excluding tert-OH is 2. The molecule has 0 saturated carbocycles. The molecule has 0 spiro atoms. The molecule has 1 heterocycles. The Bertz CT molecular complexity index is 917. The number of rotatable bonds is 5. The molecule has 5 nitrogen and oxygen atoms in total. The van der Waals surface area contributed by atoms with E-state index >= 15 is 0 Å². The minimum Gasteiger partial charge on any atom is -0.507 e. The quantitative estimate of drug-likeness (QED) is 0.416. The van der Waals surface area contributed by atoms with Crippen molar-refractivity contribution in [3.63, 3.8) is 0 Å². The molecular weight excluding hydrogens is 422 g/mol. The Kier molecular flexibility index (Phi) is 6.01. The molecule has 0 radical (unpaired) electrons. The van der Waals surface area contributed by atoms with E-state index in [2.05, 4.69) is 29.8 Å². The van der Waals surface area contributed by atoms with E-state index in [4.69, 9.17) is 0 Å². The van der Waals surface area contributed by atoms with E-state index < -0.39 is 17.7 Å². The van der Waals surface area contributed by atoms with E-state index in [0.717, 1.165) is 15.6 Å². The topological polar surface area (TPSA) is 77.8 Å². The van der Waals surface area contributed by atoms with Crippen molar-refractivity contribution in [1.82, 2.24) is 4.90 Å². The third-order valence-electron chi connectivity index (χ3n) is 4.92. The number of carbonyl (C=O) groups excluding carboxylic acids is 2. The van der Waals surface area contributed by atoms with Gasteiger partial charge in [0.05, 0.1) is 18.2 Å². The highest BCUT2D eigenvalue weighted by Crippen LogP contribution is 2.39. The molecule has 28 heavy (non-hydrogen) atoms. The minimum atomic E-state index is -0.744. The van der Waals surface area contributed by atoms with Crippen molar-refractivity contribution in [1.29, 1.82) is 0 Å². The summed E-state index contributed by atoms with van der Waals surface area (Å²) in [7, 11) is 0. The van der Waals surface area contributed by atoms with E-state index in [9.17, 15) is 19.8 Å². The molecule has 2 aromatic carbocycles. The van der Waals surface area contributed by atoms with Crippen molar-refractivity contribution in [2.75, 3.05) is 13.2 Å². The van der Waals surface area contributed by atoms with Gasteiger partial charge in [0.2, 0.25) is 0 Å². The van der Waals surface area contributed by atoms with Crippen LogP contribution in [0.1, 0.15) is 42.5 Å². The average Bonchev–Trinajstić information content (AvgIpc) is 2.93. The lowest BCUT2D eigenvalue weighted by Crippen LogP contribution is -2.32. The lowest BCUT2D eigenvalue weighted by molar-refractivity contribution is -0.140. The number of amides is 1. The first kappa shape index (κ1) is 20.3. The van der Waals surface area contributed by atoms with Crippen molar-refractivity contribution in [3.05, 3.63) is 75.3 Å². The van der Waals surface area contributed by atoms with Gasteiger partial charge in [-0.05, 0) is 29.2 Å². The van der Waals surface area contributed by atoms with Gasteiger partial charge >= 0.3 is 0 Å². The first-order valence-electron chi connectivity index (χ1n) is 9.10. The van der Waals surface area contributed by atoms with E-state index in [-0.39, 0.29) is 24.5 Å². The summed E-state index contributed by atoms with van der Waals surface area (Å²) in [6.07, 6.45) is 0. The molecule has 3 rings (SSSR count). The van der Waals surface area contributed by atoms with Crippen molar-refractivity contribution in [3.8, 4) is 0 Å². The largest absolute Gasteiger partial charge is 0.507 e. The maximum absolute atomic E-state index is 12.7. The van der Waals surface area contributed by atoms with Crippen LogP contribution in [-0.4, -0.2) is 40.0 Å². The van der Waals surface area contributed by atoms with Gasteiger partial charge < -0.3 is 15.1 Å². The zero-order valence-corrected chi connectivity index (χ0v) is 17.3. The number of hydrogen-bond acceptors (Lipinski definition) is 4. The Morgan fingerprint density at radius 1 is 1.07 bits per heavy atom. The molecule has 0 bridgehead atoms. The SMILES string of the molecule is CC(C)c1ccc([C@@H]2C(=C(O)c3ccc(Br)cc3)C(=O)C(=O)N2CCO)cc1. The second kappa shape index (κ2) is 8.29. The summed E-state index contributed by atoms with van der Waals surface area (Å²) in [5, 5.41) is 20.3. The van der Waals surface area contributed by atoms with E-state index in [0.29, 0.717) is 11.5 Å². The fourth-order valence-electron chi connectivity index (χ4n) is 3.39. The van der Waals surface area contributed by atoms with Gasteiger partial charge in [-0.2, -0.15) is 0 Å². The number of Topliss-reactive ketones (excluding diaryl/α,β-unsaturated/α-hetero) is 1. The molecule has 0 aliphatic carbocycles. The van der Waals surface area contributed by atoms with Crippen molar-refractivity contribution in [2.45, 2.75) is 25.8 Å². The summed E-state index contributed by atoms with van der Waals surface area (Å²) < 4.78 is 0.839. The molecule has 1 atom stereocenters. The number of hydrogen-bond donors (Lipinski definition) is 2. The van der Waals surface area contributed by atoms with Crippen LogP contribution in [0.5, 0.6) is 0 Å². The molecule has 1 saturated heterocycles. The molecular formula is C22H22BrNO4. The number of benzene rings is 2. The summed E-state index contributed by atoms with van der Waals surface area (Å²) in [4.78, 5) is 26.6. The van der Waals surface area contributed by atoms with Crippen molar-refractivity contribution >= 4 is 33.4 Å². The van der Waals surface area contributed by atoms with E-state index in [1.54, 1.807) is 24.3 Å². The van der Waals surface area contributed by atoms with Crippen LogP contribution in [0.4, 0.5) is 0 Å². The fourth-order valence-corrected chi connectivity index (χ4v) is 3.66. The number of likely N-dealkylation sites (tertiary alicyclic amines) is 1.